The summed E-state index contributed by atoms with van der Waals surface area (Å²) < 4.78 is 0. The van der Waals surface area contributed by atoms with Crippen molar-refractivity contribution in [3.05, 3.63) is 34.6 Å². The highest BCUT2D eigenvalue weighted by atomic mass is 35.5. The summed E-state index contributed by atoms with van der Waals surface area (Å²) in [6.45, 7) is 1.92. The summed E-state index contributed by atoms with van der Waals surface area (Å²) in [4.78, 5) is 11.1. The van der Waals surface area contributed by atoms with Gasteiger partial charge in [0.1, 0.15) is 0 Å². The third-order valence-corrected chi connectivity index (χ3v) is 3.47. The van der Waals surface area contributed by atoms with Crippen LogP contribution in [0.15, 0.2) is 18.3 Å². The van der Waals surface area contributed by atoms with Crippen molar-refractivity contribution in [2.75, 3.05) is 13.6 Å². The maximum Gasteiger partial charge on any atom is 0.160 e. The zero-order chi connectivity index (χ0) is 11.1. The highest BCUT2D eigenvalue weighted by Gasteiger charge is 2.19. The second-order valence-electron chi connectivity index (χ2n) is 4.21. The number of likely N-dealkylation sites (N-methyl/N-ethyl adjacent to an activating group) is 1. The molecule has 4 heteroatoms. The zero-order valence-corrected chi connectivity index (χ0v) is 9.83. The number of aromatic nitrogens is 2. The van der Waals surface area contributed by atoms with Crippen LogP contribution in [0.25, 0.3) is 11.0 Å². The molecule has 0 bridgehead atoms. The molecule has 0 saturated carbocycles. The van der Waals surface area contributed by atoms with Gasteiger partial charge in [-0.05, 0) is 19.2 Å². The van der Waals surface area contributed by atoms with Crippen LogP contribution < -0.4 is 0 Å². The van der Waals surface area contributed by atoms with Gasteiger partial charge in [0.25, 0.3) is 0 Å². The third-order valence-electron chi connectivity index (χ3n) is 3.04. The fourth-order valence-corrected chi connectivity index (χ4v) is 2.47. The molecule has 1 aliphatic rings. The minimum Gasteiger partial charge on any atom is -0.302 e. The quantitative estimate of drug-likeness (QED) is 0.699. The predicted molar refractivity (Wildman–Crippen MR) is 64.6 cm³/mol. The van der Waals surface area contributed by atoms with Crippen molar-refractivity contribution in [2.45, 2.75) is 13.0 Å². The van der Waals surface area contributed by atoms with Crippen molar-refractivity contribution in [3.63, 3.8) is 0 Å². The summed E-state index contributed by atoms with van der Waals surface area (Å²) in [5.74, 6) is 0. The van der Waals surface area contributed by atoms with Gasteiger partial charge < -0.3 is 4.90 Å². The molecule has 0 N–H and O–H groups in total. The molecule has 2 aromatic heterocycles. The van der Waals surface area contributed by atoms with Gasteiger partial charge in [0.2, 0.25) is 0 Å². The molecule has 3 heterocycles. The van der Waals surface area contributed by atoms with Crippen molar-refractivity contribution < 1.29 is 0 Å². The van der Waals surface area contributed by atoms with Crippen molar-refractivity contribution in [3.8, 4) is 0 Å². The summed E-state index contributed by atoms with van der Waals surface area (Å²) in [5.41, 5.74) is 3.03. The molecule has 0 aliphatic carbocycles. The topological polar surface area (TPSA) is 29.0 Å². The molecule has 16 heavy (non-hydrogen) atoms. The van der Waals surface area contributed by atoms with E-state index in [-0.39, 0.29) is 0 Å². The Morgan fingerprint density at radius 1 is 1.44 bits per heavy atom. The van der Waals surface area contributed by atoms with Crippen LogP contribution in [0.1, 0.15) is 11.3 Å². The molecule has 0 spiro atoms. The van der Waals surface area contributed by atoms with E-state index in [1.165, 1.54) is 0 Å². The van der Waals surface area contributed by atoms with Crippen LogP contribution in [0.3, 0.4) is 0 Å². The molecule has 3 nitrogen and oxygen atoms in total. The minimum atomic E-state index is 0.760. The molecule has 0 radical (unpaired) electrons. The molecule has 0 saturated heterocycles. The highest BCUT2D eigenvalue weighted by molar-refractivity contribution is 6.36. The normalized spacial score (nSPS) is 16.4. The lowest BCUT2D eigenvalue weighted by atomic mass is 10.0. The smallest absolute Gasteiger partial charge is 0.160 e. The number of rotatable bonds is 0. The van der Waals surface area contributed by atoms with E-state index in [1.54, 1.807) is 6.20 Å². The second-order valence-corrected chi connectivity index (χ2v) is 4.59. The minimum absolute atomic E-state index is 0.760. The highest BCUT2D eigenvalue weighted by Crippen LogP contribution is 2.30. The average molecular weight is 234 g/mol. The second kappa shape index (κ2) is 3.68. The number of fused-ring (bicyclic) bond motifs is 2. The van der Waals surface area contributed by atoms with E-state index in [1.807, 2.05) is 12.1 Å². The van der Waals surface area contributed by atoms with Crippen LogP contribution in [0.2, 0.25) is 5.02 Å². The maximum absolute atomic E-state index is 6.42. The predicted octanol–water partition coefficient (Wildman–Crippen LogP) is 2.27. The third kappa shape index (κ3) is 1.47. The molecule has 1 aliphatic heterocycles. The van der Waals surface area contributed by atoms with Gasteiger partial charge in [0.15, 0.2) is 5.65 Å². The van der Waals surface area contributed by atoms with Crippen molar-refractivity contribution in [2.24, 2.45) is 0 Å². The van der Waals surface area contributed by atoms with Crippen molar-refractivity contribution in [1.29, 1.82) is 0 Å². The number of halogens is 1. The van der Waals surface area contributed by atoms with Gasteiger partial charge in [-0.25, -0.2) is 9.97 Å². The standard InChI is InChI=1S/C12H12ClN3/c1-16-6-4-10-9(7-16)11(13)8-3-2-5-14-12(8)15-10/h2-3,5H,4,6-7H2,1H3. The van der Waals surface area contributed by atoms with Gasteiger partial charge in [-0.2, -0.15) is 0 Å². The van der Waals surface area contributed by atoms with Crippen LogP contribution in [0.4, 0.5) is 0 Å². The molecule has 0 unspecified atom stereocenters. The van der Waals surface area contributed by atoms with Gasteiger partial charge in [-0.15, -0.1) is 0 Å². The maximum atomic E-state index is 6.42. The summed E-state index contributed by atoms with van der Waals surface area (Å²) in [7, 11) is 2.10. The molecule has 82 valence electrons. The molecule has 0 fully saturated rings. The first-order valence-corrected chi connectivity index (χ1v) is 5.74. The molecule has 0 aromatic carbocycles. The number of hydrogen-bond donors (Lipinski definition) is 0. The van der Waals surface area contributed by atoms with Crippen LogP contribution in [0, 0.1) is 0 Å². The molecule has 2 aromatic rings. The summed E-state index contributed by atoms with van der Waals surface area (Å²) >= 11 is 6.42. The Morgan fingerprint density at radius 2 is 2.31 bits per heavy atom. The fourth-order valence-electron chi connectivity index (χ4n) is 2.16. The van der Waals surface area contributed by atoms with Gasteiger partial charge in [-0.3, -0.25) is 0 Å². The summed E-state index contributed by atoms with van der Waals surface area (Å²) in [6, 6.07) is 3.88. The molecular formula is C12H12ClN3. The van der Waals surface area contributed by atoms with Gasteiger partial charge in [0, 0.05) is 36.7 Å². The number of nitrogens with zero attached hydrogens (tertiary/aromatic N) is 3. The van der Waals surface area contributed by atoms with E-state index in [2.05, 4.69) is 21.9 Å². The largest absolute Gasteiger partial charge is 0.302 e. The van der Waals surface area contributed by atoms with E-state index in [0.717, 1.165) is 46.8 Å². The van der Waals surface area contributed by atoms with E-state index in [4.69, 9.17) is 11.6 Å². The van der Waals surface area contributed by atoms with E-state index in [0.29, 0.717) is 0 Å². The van der Waals surface area contributed by atoms with E-state index < -0.39 is 0 Å². The lowest BCUT2D eigenvalue weighted by Crippen LogP contribution is -2.27. The monoisotopic (exact) mass is 233 g/mol. The first-order valence-electron chi connectivity index (χ1n) is 5.36. The van der Waals surface area contributed by atoms with E-state index in [9.17, 15) is 0 Å². The first-order chi connectivity index (χ1) is 7.75. The Kier molecular flexibility index (Phi) is 2.30. The average Bonchev–Trinajstić information content (AvgIpc) is 2.31. The Bertz CT molecular complexity index is 553. The van der Waals surface area contributed by atoms with Crippen molar-refractivity contribution >= 4 is 22.6 Å². The van der Waals surface area contributed by atoms with Gasteiger partial charge >= 0.3 is 0 Å². The Morgan fingerprint density at radius 3 is 3.19 bits per heavy atom. The lowest BCUT2D eigenvalue weighted by molar-refractivity contribution is 0.310. The summed E-state index contributed by atoms with van der Waals surface area (Å²) in [6.07, 6.45) is 2.71. The van der Waals surface area contributed by atoms with Gasteiger partial charge in [0.05, 0.1) is 10.7 Å². The summed E-state index contributed by atoms with van der Waals surface area (Å²) in [5, 5.41) is 1.78. The molecular weight excluding hydrogens is 222 g/mol. The van der Waals surface area contributed by atoms with Crippen LogP contribution in [-0.4, -0.2) is 28.5 Å². The van der Waals surface area contributed by atoms with E-state index >= 15 is 0 Å². The first kappa shape index (κ1) is 10.00. The van der Waals surface area contributed by atoms with Crippen LogP contribution in [0.5, 0.6) is 0 Å². The number of hydrogen-bond acceptors (Lipinski definition) is 3. The Balaban J connectivity index is 2.29. The lowest BCUT2D eigenvalue weighted by Gasteiger charge is -2.25. The molecule has 3 rings (SSSR count). The zero-order valence-electron chi connectivity index (χ0n) is 9.07. The van der Waals surface area contributed by atoms with Crippen LogP contribution in [-0.2, 0) is 13.0 Å². The Labute approximate surface area is 99.1 Å². The Hall–Kier alpha value is -1.19. The van der Waals surface area contributed by atoms with Crippen molar-refractivity contribution in [1.82, 2.24) is 14.9 Å². The van der Waals surface area contributed by atoms with Gasteiger partial charge in [-0.1, -0.05) is 11.6 Å². The fraction of sp³-hybridized carbons (Fsp3) is 0.333. The molecule has 0 amide bonds. The number of pyridine rings is 2. The SMILES string of the molecule is CN1CCc2nc3ncccc3c(Cl)c2C1. The molecule has 0 atom stereocenters. The van der Waals surface area contributed by atoms with Crippen LogP contribution >= 0.6 is 11.6 Å².